The summed E-state index contributed by atoms with van der Waals surface area (Å²) in [5.74, 6) is -0.960. The van der Waals surface area contributed by atoms with E-state index in [9.17, 15) is 13.6 Å². The van der Waals surface area contributed by atoms with Crippen LogP contribution in [0.4, 0.5) is 8.78 Å². The van der Waals surface area contributed by atoms with Crippen LogP contribution in [0.25, 0.3) is 11.4 Å². The molecule has 9 heteroatoms. The van der Waals surface area contributed by atoms with E-state index in [-0.39, 0.29) is 17.8 Å². The summed E-state index contributed by atoms with van der Waals surface area (Å²) in [7, 11) is 0. The van der Waals surface area contributed by atoms with Crippen molar-refractivity contribution in [1.29, 1.82) is 0 Å². The van der Waals surface area contributed by atoms with Gasteiger partial charge in [-0.3, -0.25) is 9.69 Å². The van der Waals surface area contributed by atoms with Crippen molar-refractivity contribution >= 4 is 21.8 Å². The second-order valence-electron chi connectivity index (χ2n) is 7.18. The molecule has 2 heterocycles. The molecular formula is C21H19BrF2N4O2. The zero-order chi connectivity index (χ0) is 21.1. The molecule has 6 nitrogen and oxygen atoms in total. The molecule has 1 N–H and O–H groups in total. The molecule has 1 saturated heterocycles. The molecule has 0 saturated carbocycles. The molecule has 1 fully saturated rings. The number of likely N-dealkylation sites (tertiary alicyclic amines) is 1. The number of alkyl halides is 3. The van der Waals surface area contributed by atoms with Crippen molar-refractivity contribution in [1.82, 2.24) is 20.4 Å². The van der Waals surface area contributed by atoms with E-state index in [0.717, 1.165) is 26.1 Å². The number of carbonyl (C=O) groups is 1. The smallest absolute Gasteiger partial charge is 0.348 e. The van der Waals surface area contributed by atoms with Crippen LogP contribution < -0.4 is 5.32 Å². The van der Waals surface area contributed by atoms with Gasteiger partial charge in [-0.1, -0.05) is 47.6 Å². The van der Waals surface area contributed by atoms with Crippen molar-refractivity contribution in [3.63, 3.8) is 0 Å². The lowest BCUT2D eigenvalue weighted by molar-refractivity contribution is 0.0725. The summed E-state index contributed by atoms with van der Waals surface area (Å²) in [6, 6.07) is 16.8. The topological polar surface area (TPSA) is 71.3 Å². The summed E-state index contributed by atoms with van der Waals surface area (Å²) < 4.78 is 30.9. The van der Waals surface area contributed by atoms with Crippen molar-refractivity contribution in [3.05, 3.63) is 71.6 Å². The molecule has 2 aromatic carbocycles. The van der Waals surface area contributed by atoms with Crippen molar-refractivity contribution < 1.29 is 18.1 Å². The lowest BCUT2D eigenvalue weighted by Gasteiger charge is -2.17. The fourth-order valence-electron chi connectivity index (χ4n) is 3.43. The Morgan fingerprint density at radius 2 is 1.93 bits per heavy atom. The molecule has 156 valence electrons. The van der Waals surface area contributed by atoms with Crippen LogP contribution in [0.5, 0.6) is 0 Å². The molecule has 1 aromatic heterocycles. The van der Waals surface area contributed by atoms with Gasteiger partial charge < -0.3 is 9.84 Å². The number of aromatic nitrogens is 2. The minimum atomic E-state index is -3.38. The summed E-state index contributed by atoms with van der Waals surface area (Å²) >= 11 is 2.18. The predicted molar refractivity (Wildman–Crippen MR) is 110 cm³/mol. The van der Waals surface area contributed by atoms with Crippen molar-refractivity contribution in [2.75, 3.05) is 13.1 Å². The number of amides is 1. The van der Waals surface area contributed by atoms with Crippen molar-refractivity contribution in [2.45, 2.75) is 23.8 Å². The second kappa shape index (κ2) is 8.61. The Morgan fingerprint density at radius 3 is 2.60 bits per heavy atom. The monoisotopic (exact) mass is 476 g/mol. The predicted octanol–water partition coefficient (Wildman–Crippen LogP) is 4.19. The Kier molecular flexibility index (Phi) is 5.92. The van der Waals surface area contributed by atoms with Crippen LogP contribution in [0.2, 0.25) is 0 Å². The molecule has 1 aliphatic rings. The molecule has 30 heavy (non-hydrogen) atoms. The molecule has 1 amide bonds. The Labute approximate surface area is 180 Å². The Hall–Kier alpha value is -2.65. The van der Waals surface area contributed by atoms with Crippen molar-refractivity contribution in [3.8, 4) is 11.4 Å². The van der Waals surface area contributed by atoms with E-state index in [1.165, 1.54) is 5.56 Å². The van der Waals surface area contributed by atoms with Gasteiger partial charge in [0.15, 0.2) is 0 Å². The third-order valence-corrected chi connectivity index (χ3v) is 5.27. The SMILES string of the molecule is O=C(NC1CCN(Cc2ccccc2)C1)c1ccc(-c2noc(C(F)(F)Br)n2)cc1. The molecular weight excluding hydrogens is 458 g/mol. The molecule has 1 atom stereocenters. The van der Waals surface area contributed by atoms with Crippen molar-refractivity contribution in [2.24, 2.45) is 0 Å². The normalized spacial score (nSPS) is 17.2. The highest BCUT2D eigenvalue weighted by atomic mass is 79.9. The average molecular weight is 477 g/mol. The average Bonchev–Trinajstić information content (AvgIpc) is 3.39. The Balaban J connectivity index is 1.33. The largest absolute Gasteiger partial charge is 0.378 e. The highest BCUT2D eigenvalue weighted by molar-refractivity contribution is 9.09. The number of nitrogens with one attached hydrogen (secondary N) is 1. The maximum absolute atomic E-state index is 13.2. The first kappa shape index (κ1) is 20.6. The van der Waals surface area contributed by atoms with Gasteiger partial charge in [-0.2, -0.15) is 13.8 Å². The number of hydrogen-bond donors (Lipinski definition) is 1. The van der Waals surface area contributed by atoms with Crippen LogP contribution in [0.15, 0.2) is 59.1 Å². The Morgan fingerprint density at radius 1 is 1.20 bits per heavy atom. The van der Waals surface area contributed by atoms with E-state index in [2.05, 4.69) is 52.9 Å². The number of hydrogen-bond acceptors (Lipinski definition) is 5. The lowest BCUT2D eigenvalue weighted by Crippen LogP contribution is -2.36. The molecule has 0 spiro atoms. The van der Waals surface area contributed by atoms with E-state index in [1.807, 2.05) is 18.2 Å². The highest BCUT2D eigenvalue weighted by Gasteiger charge is 2.35. The van der Waals surface area contributed by atoms with Gasteiger partial charge in [-0.15, -0.1) is 0 Å². The molecule has 0 bridgehead atoms. The van der Waals surface area contributed by atoms with E-state index < -0.39 is 10.7 Å². The molecule has 1 unspecified atom stereocenters. The van der Waals surface area contributed by atoms with Gasteiger partial charge in [-0.05, 0) is 24.1 Å². The molecule has 0 aliphatic carbocycles. The van der Waals surface area contributed by atoms with E-state index in [4.69, 9.17) is 0 Å². The van der Waals surface area contributed by atoms with Gasteiger partial charge in [0.05, 0.1) is 0 Å². The van der Waals surface area contributed by atoms with Crippen LogP contribution in [0.1, 0.15) is 28.2 Å². The van der Waals surface area contributed by atoms with Crippen LogP contribution in [0.3, 0.4) is 0 Å². The summed E-state index contributed by atoms with van der Waals surface area (Å²) in [5, 5.41) is 6.61. The third-order valence-electron chi connectivity index (χ3n) is 4.93. The zero-order valence-electron chi connectivity index (χ0n) is 15.9. The quantitative estimate of drug-likeness (QED) is 0.540. The van der Waals surface area contributed by atoms with Gasteiger partial charge in [-0.25, -0.2) is 0 Å². The highest BCUT2D eigenvalue weighted by Crippen LogP contribution is 2.34. The standard InChI is InChI=1S/C21H19BrF2N4O2/c22-21(23,24)20-26-18(27-30-20)15-6-8-16(9-7-15)19(29)25-17-10-11-28(13-17)12-14-4-2-1-3-5-14/h1-9,17H,10-13H2,(H,25,29). The summed E-state index contributed by atoms with van der Waals surface area (Å²) in [6.45, 7) is 2.59. The fourth-order valence-corrected chi connectivity index (χ4v) is 3.59. The van der Waals surface area contributed by atoms with Gasteiger partial charge in [0.1, 0.15) is 0 Å². The molecule has 0 radical (unpaired) electrons. The number of halogens is 3. The maximum Gasteiger partial charge on any atom is 0.378 e. The van der Waals surface area contributed by atoms with Gasteiger partial charge in [0.2, 0.25) is 5.82 Å². The van der Waals surface area contributed by atoms with Crippen LogP contribution in [-0.4, -0.2) is 40.1 Å². The minimum Gasteiger partial charge on any atom is -0.348 e. The van der Waals surface area contributed by atoms with E-state index >= 15 is 0 Å². The summed E-state index contributed by atoms with van der Waals surface area (Å²) in [4.78, 5) is 15.2. The maximum atomic E-state index is 13.2. The number of benzene rings is 2. The molecule has 3 aromatic rings. The van der Waals surface area contributed by atoms with Gasteiger partial charge in [0, 0.05) is 52.7 Å². The van der Waals surface area contributed by atoms with E-state index in [0.29, 0.717) is 11.1 Å². The van der Waals surface area contributed by atoms with Crippen LogP contribution >= 0.6 is 15.9 Å². The number of nitrogens with zero attached hydrogens (tertiary/aromatic N) is 3. The molecule has 4 rings (SSSR count). The minimum absolute atomic E-state index is 0.0310. The number of rotatable bonds is 6. The summed E-state index contributed by atoms with van der Waals surface area (Å²) in [6.07, 6.45) is 0.892. The third kappa shape index (κ3) is 4.91. The first-order chi connectivity index (χ1) is 14.4. The summed E-state index contributed by atoms with van der Waals surface area (Å²) in [5.41, 5.74) is 2.21. The molecule has 1 aliphatic heterocycles. The first-order valence-corrected chi connectivity index (χ1v) is 10.3. The fraction of sp³-hybridized carbons (Fsp3) is 0.286. The van der Waals surface area contributed by atoms with E-state index in [1.54, 1.807) is 24.3 Å². The first-order valence-electron chi connectivity index (χ1n) is 9.47. The second-order valence-corrected chi connectivity index (χ2v) is 8.17. The lowest BCUT2D eigenvalue weighted by atomic mass is 10.1. The number of carbonyl (C=O) groups excluding carboxylic acids is 1. The van der Waals surface area contributed by atoms with Gasteiger partial charge >= 0.3 is 10.7 Å². The van der Waals surface area contributed by atoms with Gasteiger partial charge in [0.25, 0.3) is 5.91 Å². The Bertz CT molecular complexity index is 1010. The van der Waals surface area contributed by atoms with Crippen LogP contribution in [-0.2, 0) is 11.4 Å². The van der Waals surface area contributed by atoms with Crippen LogP contribution in [0, 0.1) is 0 Å². The zero-order valence-corrected chi connectivity index (χ0v) is 17.5.